The minimum absolute atomic E-state index is 0.0486. The SMILES string of the molecule is CCOC(=O)C1CC2CCC([C@H]1Nc1ccccc1N)N2C. The number of carbonyl (C=O) groups excluding carboxylic acids is 1. The van der Waals surface area contributed by atoms with Crippen LogP contribution in [0.15, 0.2) is 24.3 Å². The van der Waals surface area contributed by atoms with Gasteiger partial charge >= 0.3 is 5.97 Å². The molecule has 2 bridgehead atoms. The van der Waals surface area contributed by atoms with E-state index < -0.39 is 0 Å². The first-order valence-electron chi connectivity index (χ1n) is 8.11. The molecule has 22 heavy (non-hydrogen) atoms. The van der Waals surface area contributed by atoms with Crippen LogP contribution in [-0.4, -0.2) is 42.6 Å². The highest BCUT2D eigenvalue weighted by atomic mass is 16.5. The molecule has 0 aliphatic carbocycles. The van der Waals surface area contributed by atoms with E-state index in [1.807, 2.05) is 31.2 Å². The molecule has 2 aliphatic rings. The van der Waals surface area contributed by atoms with Gasteiger partial charge in [-0.25, -0.2) is 0 Å². The smallest absolute Gasteiger partial charge is 0.311 e. The van der Waals surface area contributed by atoms with Crippen LogP contribution in [0.4, 0.5) is 11.4 Å². The van der Waals surface area contributed by atoms with E-state index in [9.17, 15) is 4.79 Å². The van der Waals surface area contributed by atoms with Crippen molar-refractivity contribution < 1.29 is 9.53 Å². The molecule has 3 N–H and O–H groups in total. The Labute approximate surface area is 131 Å². The summed E-state index contributed by atoms with van der Waals surface area (Å²) in [4.78, 5) is 14.8. The number of benzene rings is 1. The van der Waals surface area contributed by atoms with E-state index in [1.54, 1.807) is 0 Å². The van der Waals surface area contributed by atoms with Gasteiger partial charge in [-0.3, -0.25) is 9.69 Å². The number of nitrogens with one attached hydrogen (secondary N) is 1. The topological polar surface area (TPSA) is 67.6 Å². The Morgan fingerprint density at radius 1 is 1.41 bits per heavy atom. The van der Waals surface area contributed by atoms with Crippen LogP contribution in [0.2, 0.25) is 0 Å². The van der Waals surface area contributed by atoms with Crippen molar-refractivity contribution in [3.63, 3.8) is 0 Å². The summed E-state index contributed by atoms with van der Waals surface area (Å²) >= 11 is 0. The fourth-order valence-electron chi connectivity index (χ4n) is 3.96. The summed E-state index contributed by atoms with van der Waals surface area (Å²) in [6, 6.07) is 8.62. The number of hydrogen-bond acceptors (Lipinski definition) is 5. The Balaban J connectivity index is 1.85. The Hall–Kier alpha value is -1.75. The van der Waals surface area contributed by atoms with Gasteiger partial charge in [0.1, 0.15) is 0 Å². The Bertz CT molecular complexity index is 548. The molecule has 4 atom stereocenters. The zero-order valence-corrected chi connectivity index (χ0v) is 13.3. The first-order valence-corrected chi connectivity index (χ1v) is 8.11. The number of ether oxygens (including phenoxy) is 1. The maximum atomic E-state index is 12.4. The number of nitrogens with zero attached hydrogens (tertiary/aromatic N) is 1. The van der Waals surface area contributed by atoms with E-state index in [2.05, 4.69) is 17.3 Å². The Kier molecular flexibility index (Phi) is 4.25. The second kappa shape index (κ2) is 6.16. The van der Waals surface area contributed by atoms with Gasteiger partial charge in [-0.05, 0) is 45.4 Å². The monoisotopic (exact) mass is 303 g/mol. The van der Waals surface area contributed by atoms with Crippen LogP contribution in [-0.2, 0) is 9.53 Å². The Morgan fingerprint density at radius 2 is 2.18 bits per heavy atom. The number of fused-ring (bicyclic) bond motifs is 2. The summed E-state index contributed by atoms with van der Waals surface area (Å²) in [5.41, 5.74) is 7.68. The van der Waals surface area contributed by atoms with Crippen molar-refractivity contribution >= 4 is 17.3 Å². The van der Waals surface area contributed by atoms with Gasteiger partial charge < -0.3 is 15.8 Å². The van der Waals surface area contributed by atoms with Crippen LogP contribution < -0.4 is 11.1 Å². The molecule has 5 heteroatoms. The highest BCUT2D eigenvalue weighted by Crippen LogP contribution is 2.40. The summed E-state index contributed by atoms with van der Waals surface area (Å²) in [6.45, 7) is 2.29. The van der Waals surface area contributed by atoms with Crippen molar-refractivity contribution in [2.45, 2.75) is 44.3 Å². The number of rotatable bonds is 4. The minimum Gasteiger partial charge on any atom is -0.466 e. The number of anilines is 2. The van der Waals surface area contributed by atoms with E-state index in [1.165, 1.54) is 0 Å². The third-order valence-electron chi connectivity index (χ3n) is 5.14. The fourth-order valence-corrected chi connectivity index (χ4v) is 3.96. The van der Waals surface area contributed by atoms with Gasteiger partial charge in [-0.2, -0.15) is 0 Å². The molecular formula is C17H25N3O2. The van der Waals surface area contributed by atoms with E-state index in [-0.39, 0.29) is 17.9 Å². The predicted molar refractivity (Wildman–Crippen MR) is 87.6 cm³/mol. The maximum Gasteiger partial charge on any atom is 0.311 e. The zero-order valence-electron chi connectivity index (χ0n) is 13.3. The maximum absolute atomic E-state index is 12.4. The normalized spacial score (nSPS) is 31.0. The lowest BCUT2D eigenvalue weighted by molar-refractivity contribution is -0.151. The van der Waals surface area contributed by atoms with E-state index in [4.69, 9.17) is 10.5 Å². The van der Waals surface area contributed by atoms with Crippen LogP contribution in [0.5, 0.6) is 0 Å². The lowest BCUT2D eigenvalue weighted by Crippen LogP contribution is -2.55. The summed E-state index contributed by atoms with van der Waals surface area (Å²) in [7, 11) is 2.16. The number of hydrogen-bond donors (Lipinski definition) is 2. The van der Waals surface area contributed by atoms with E-state index in [0.29, 0.717) is 24.4 Å². The van der Waals surface area contributed by atoms with Gasteiger partial charge in [-0.1, -0.05) is 12.1 Å². The molecule has 120 valence electrons. The van der Waals surface area contributed by atoms with Gasteiger partial charge in [0.15, 0.2) is 0 Å². The van der Waals surface area contributed by atoms with Crippen LogP contribution in [0.25, 0.3) is 0 Å². The van der Waals surface area contributed by atoms with Gasteiger partial charge in [-0.15, -0.1) is 0 Å². The number of esters is 1. The molecule has 1 aromatic rings. The summed E-state index contributed by atoms with van der Waals surface area (Å²) < 4.78 is 5.31. The number of piperidine rings is 1. The lowest BCUT2D eigenvalue weighted by Gasteiger charge is -2.42. The molecule has 0 saturated carbocycles. The largest absolute Gasteiger partial charge is 0.466 e. The third-order valence-corrected chi connectivity index (χ3v) is 5.14. The summed E-state index contributed by atoms with van der Waals surface area (Å²) in [5, 5.41) is 3.53. The third kappa shape index (κ3) is 2.65. The molecule has 5 nitrogen and oxygen atoms in total. The molecule has 0 radical (unpaired) electrons. The standard InChI is InChI=1S/C17H25N3O2/c1-3-22-17(21)12-10-11-8-9-15(20(11)2)16(12)19-14-7-5-4-6-13(14)18/h4-7,11-12,15-16,19H,3,8-10,18H2,1-2H3/t11?,12?,15?,16-/m0/s1. The molecule has 2 aliphatic heterocycles. The van der Waals surface area contributed by atoms with Crippen molar-refractivity contribution in [2.75, 3.05) is 24.7 Å². The lowest BCUT2D eigenvalue weighted by atomic mass is 9.85. The minimum atomic E-state index is -0.103. The number of nitrogens with two attached hydrogens (primary N) is 1. The fraction of sp³-hybridized carbons (Fsp3) is 0.588. The number of nitrogen functional groups attached to an aromatic ring is 1. The van der Waals surface area contributed by atoms with E-state index in [0.717, 1.165) is 24.9 Å². The second-order valence-electron chi connectivity index (χ2n) is 6.32. The molecule has 0 spiro atoms. The van der Waals surface area contributed by atoms with Gasteiger partial charge in [0.25, 0.3) is 0 Å². The summed E-state index contributed by atoms with van der Waals surface area (Å²) in [5.74, 6) is -0.187. The number of carbonyl (C=O) groups is 1. The highest BCUT2D eigenvalue weighted by molar-refractivity contribution is 5.75. The van der Waals surface area contributed by atoms with Crippen LogP contribution >= 0.6 is 0 Å². The van der Waals surface area contributed by atoms with Crippen molar-refractivity contribution in [3.05, 3.63) is 24.3 Å². The first-order chi connectivity index (χ1) is 10.6. The molecule has 3 unspecified atom stereocenters. The number of para-hydroxylation sites is 2. The van der Waals surface area contributed by atoms with Gasteiger partial charge in [0, 0.05) is 12.1 Å². The van der Waals surface area contributed by atoms with Crippen LogP contribution in [0.1, 0.15) is 26.2 Å². The molecule has 2 saturated heterocycles. The first kappa shape index (κ1) is 15.2. The average Bonchev–Trinajstić information content (AvgIpc) is 2.75. The second-order valence-corrected chi connectivity index (χ2v) is 6.32. The van der Waals surface area contributed by atoms with Crippen molar-refractivity contribution in [3.8, 4) is 0 Å². The van der Waals surface area contributed by atoms with Crippen molar-refractivity contribution in [1.29, 1.82) is 0 Å². The molecule has 0 aromatic heterocycles. The van der Waals surface area contributed by atoms with Crippen LogP contribution in [0, 0.1) is 5.92 Å². The highest BCUT2D eigenvalue weighted by Gasteiger charge is 2.48. The molecule has 3 rings (SSSR count). The van der Waals surface area contributed by atoms with Crippen LogP contribution in [0.3, 0.4) is 0 Å². The molecule has 1 aromatic carbocycles. The Morgan fingerprint density at radius 3 is 2.91 bits per heavy atom. The molecule has 2 heterocycles. The predicted octanol–water partition coefficient (Wildman–Crippen LogP) is 2.10. The zero-order chi connectivity index (χ0) is 15.7. The molecule has 2 fully saturated rings. The quantitative estimate of drug-likeness (QED) is 0.658. The van der Waals surface area contributed by atoms with E-state index >= 15 is 0 Å². The number of likely N-dealkylation sites (N-methyl/N-ethyl adjacent to an activating group) is 1. The average molecular weight is 303 g/mol. The van der Waals surface area contributed by atoms with Crippen molar-refractivity contribution in [2.24, 2.45) is 5.92 Å². The van der Waals surface area contributed by atoms with Gasteiger partial charge in [0.2, 0.25) is 0 Å². The van der Waals surface area contributed by atoms with Crippen molar-refractivity contribution in [1.82, 2.24) is 4.90 Å². The molecule has 0 amide bonds. The summed E-state index contributed by atoms with van der Waals surface area (Å²) in [6.07, 6.45) is 3.12. The van der Waals surface area contributed by atoms with Gasteiger partial charge in [0.05, 0.1) is 29.9 Å². The molecular weight excluding hydrogens is 278 g/mol.